The van der Waals surface area contributed by atoms with Gasteiger partial charge in [-0.15, -0.1) is 0 Å². The highest BCUT2D eigenvalue weighted by Crippen LogP contribution is 2.38. The Hall–Kier alpha value is -4.00. The number of ether oxygens (including phenoxy) is 3. The molecule has 5 rings (SSSR count). The van der Waals surface area contributed by atoms with Gasteiger partial charge in [0.2, 0.25) is 12.7 Å². The Bertz CT molecular complexity index is 1240. The van der Waals surface area contributed by atoms with E-state index in [9.17, 15) is 9.59 Å². The van der Waals surface area contributed by atoms with Crippen LogP contribution in [0, 0.1) is 12.8 Å². The van der Waals surface area contributed by atoms with Crippen molar-refractivity contribution in [2.75, 3.05) is 27.0 Å². The molecule has 3 aromatic carbocycles. The molecule has 0 bridgehead atoms. The van der Waals surface area contributed by atoms with Crippen molar-refractivity contribution in [3.05, 3.63) is 89.0 Å². The molecule has 0 aromatic heterocycles. The van der Waals surface area contributed by atoms with E-state index in [0.717, 1.165) is 22.4 Å². The molecule has 0 unspecified atom stereocenters. The first-order valence-corrected chi connectivity index (χ1v) is 11.7. The third kappa shape index (κ3) is 4.67. The van der Waals surface area contributed by atoms with Crippen LogP contribution in [-0.4, -0.2) is 43.7 Å². The van der Waals surface area contributed by atoms with Crippen LogP contribution in [-0.2, 0) is 11.3 Å². The number of nitrogens with one attached hydrogen (secondary N) is 1. The first-order chi connectivity index (χ1) is 17.0. The maximum atomic E-state index is 13.4. The maximum absolute atomic E-state index is 13.4. The summed E-state index contributed by atoms with van der Waals surface area (Å²) >= 11 is 0. The molecule has 7 heteroatoms. The van der Waals surface area contributed by atoms with Gasteiger partial charge in [0.15, 0.2) is 11.5 Å². The molecular formula is C28H28N2O5. The predicted molar refractivity (Wildman–Crippen MR) is 131 cm³/mol. The van der Waals surface area contributed by atoms with Gasteiger partial charge in [-0.25, -0.2) is 0 Å². The summed E-state index contributed by atoms with van der Waals surface area (Å²) in [6.07, 6.45) is 0. The molecule has 2 aliphatic rings. The topological polar surface area (TPSA) is 77.1 Å². The van der Waals surface area contributed by atoms with Gasteiger partial charge in [-0.2, -0.15) is 0 Å². The fourth-order valence-electron chi connectivity index (χ4n) is 4.77. The Labute approximate surface area is 204 Å². The predicted octanol–water partition coefficient (Wildman–Crippen LogP) is 3.90. The third-order valence-electron chi connectivity index (χ3n) is 6.68. The van der Waals surface area contributed by atoms with E-state index in [2.05, 4.69) is 5.32 Å². The van der Waals surface area contributed by atoms with Gasteiger partial charge < -0.3 is 24.4 Å². The smallest absolute Gasteiger partial charge is 0.253 e. The fourth-order valence-corrected chi connectivity index (χ4v) is 4.77. The second-order valence-corrected chi connectivity index (χ2v) is 8.94. The van der Waals surface area contributed by atoms with Crippen molar-refractivity contribution in [2.45, 2.75) is 19.4 Å². The zero-order valence-corrected chi connectivity index (χ0v) is 19.8. The highest BCUT2D eigenvalue weighted by molar-refractivity contribution is 5.95. The first kappa shape index (κ1) is 22.8. The van der Waals surface area contributed by atoms with Gasteiger partial charge in [-0.3, -0.25) is 9.59 Å². The third-order valence-corrected chi connectivity index (χ3v) is 6.68. The fraction of sp³-hybridized carbons (Fsp3) is 0.286. The van der Waals surface area contributed by atoms with Gasteiger partial charge in [0.25, 0.3) is 5.91 Å². The second kappa shape index (κ2) is 9.70. The average molecular weight is 473 g/mol. The minimum Gasteiger partial charge on any atom is -0.496 e. The van der Waals surface area contributed by atoms with Crippen LogP contribution < -0.4 is 19.5 Å². The van der Waals surface area contributed by atoms with Crippen molar-refractivity contribution in [3.63, 3.8) is 0 Å². The Morgan fingerprint density at radius 3 is 2.57 bits per heavy atom. The largest absolute Gasteiger partial charge is 0.496 e. The van der Waals surface area contributed by atoms with E-state index in [1.54, 1.807) is 12.0 Å². The molecule has 2 heterocycles. The van der Waals surface area contributed by atoms with Crippen molar-refractivity contribution < 1.29 is 23.8 Å². The average Bonchev–Trinajstić information content (AvgIpc) is 3.54. The number of likely N-dealkylation sites (tertiary alicyclic amines) is 1. The van der Waals surface area contributed by atoms with Crippen LogP contribution in [0.1, 0.15) is 33.0 Å². The van der Waals surface area contributed by atoms with Crippen molar-refractivity contribution in [2.24, 2.45) is 5.92 Å². The number of amides is 2. The lowest BCUT2D eigenvalue weighted by atomic mass is 9.87. The maximum Gasteiger partial charge on any atom is 0.253 e. The van der Waals surface area contributed by atoms with E-state index in [1.807, 2.05) is 73.7 Å². The van der Waals surface area contributed by atoms with Gasteiger partial charge in [-0.05, 0) is 48.4 Å². The van der Waals surface area contributed by atoms with Gasteiger partial charge in [0, 0.05) is 31.1 Å². The van der Waals surface area contributed by atoms with Gasteiger partial charge in [-0.1, -0.05) is 42.0 Å². The van der Waals surface area contributed by atoms with Crippen LogP contribution in [0.4, 0.5) is 0 Å². The Morgan fingerprint density at radius 1 is 1.00 bits per heavy atom. The molecule has 7 nitrogen and oxygen atoms in total. The number of fused-ring (bicyclic) bond motifs is 1. The summed E-state index contributed by atoms with van der Waals surface area (Å²) in [7, 11) is 1.62. The molecule has 0 radical (unpaired) electrons. The molecule has 0 spiro atoms. The lowest BCUT2D eigenvalue weighted by molar-refractivity contribution is -0.125. The molecule has 2 amide bonds. The molecule has 180 valence electrons. The highest BCUT2D eigenvalue weighted by atomic mass is 16.7. The molecule has 2 aliphatic heterocycles. The molecule has 35 heavy (non-hydrogen) atoms. The summed E-state index contributed by atoms with van der Waals surface area (Å²) in [5.74, 6) is 1.34. The molecule has 1 fully saturated rings. The SMILES string of the molecule is COc1ccccc1[C@H]1CN(C(=O)c2ccc(C)cc2)C[C@H]1C(=O)NCc1ccc2c(c1)OCO2. The van der Waals surface area contributed by atoms with Gasteiger partial charge in [0.1, 0.15) is 5.75 Å². The zero-order valence-electron chi connectivity index (χ0n) is 19.8. The van der Waals surface area contributed by atoms with E-state index in [1.165, 1.54) is 0 Å². The molecule has 0 aliphatic carbocycles. The van der Waals surface area contributed by atoms with Crippen LogP contribution in [0.15, 0.2) is 66.7 Å². The summed E-state index contributed by atoms with van der Waals surface area (Å²) in [4.78, 5) is 28.5. The Balaban J connectivity index is 1.36. The van der Waals surface area contributed by atoms with Gasteiger partial charge >= 0.3 is 0 Å². The lowest BCUT2D eigenvalue weighted by Gasteiger charge is -2.20. The number of carbonyl (C=O) groups is 2. The normalized spacial score (nSPS) is 18.4. The number of methoxy groups -OCH3 is 1. The lowest BCUT2D eigenvalue weighted by Crippen LogP contribution is -2.35. The molecule has 1 saturated heterocycles. The van der Waals surface area contributed by atoms with Crippen LogP contribution in [0.25, 0.3) is 0 Å². The molecule has 0 saturated carbocycles. The quantitative estimate of drug-likeness (QED) is 0.589. The van der Waals surface area contributed by atoms with Crippen LogP contribution in [0.3, 0.4) is 0 Å². The summed E-state index contributed by atoms with van der Waals surface area (Å²) in [5.41, 5.74) is 3.56. The van der Waals surface area contributed by atoms with Gasteiger partial charge in [0.05, 0.1) is 13.0 Å². The monoisotopic (exact) mass is 472 g/mol. The number of hydrogen-bond donors (Lipinski definition) is 1. The van der Waals surface area contributed by atoms with Crippen LogP contribution in [0.2, 0.25) is 0 Å². The minimum atomic E-state index is -0.408. The molecule has 2 atom stereocenters. The summed E-state index contributed by atoms with van der Waals surface area (Å²) in [6, 6.07) is 20.9. The first-order valence-electron chi connectivity index (χ1n) is 11.7. The molecule has 3 aromatic rings. The van der Waals surface area contributed by atoms with Crippen molar-refractivity contribution in [3.8, 4) is 17.2 Å². The molecular weight excluding hydrogens is 444 g/mol. The van der Waals surface area contributed by atoms with Crippen LogP contribution >= 0.6 is 0 Å². The van der Waals surface area contributed by atoms with Crippen LogP contribution in [0.5, 0.6) is 17.2 Å². The Morgan fingerprint density at radius 2 is 1.77 bits per heavy atom. The molecule has 1 N–H and O–H groups in total. The summed E-state index contributed by atoms with van der Waals surface area (Å²) < 4.78 is 16.4. The minimum absolute atomic E-state index is 0.0732. The second-order valence-electron chi connectivity index (χ2n) is 8.94. The van der Waals surface area contributed by atoms with Crippen molar-refractivity contribution in [1.82, 2.24) is 10.2 Å². The summed E-state index contributed by atoms with van der Waals surface area (Å²) in [6.45, 7) is 3.33. The Kier molecular flexibility index (Phi) is 6.31. The van der Waals surface area contributed by atoms with Crippen molar-refractivity contribution in [1.29, 1.82) is 0 Å². The van der Waals surface area contributed by atoms with E-state index in [-0.39, 0.29) is 24.5 Å². The number of carbonyl (C=O) groups excluding carboxylic acids is 2. The summed E-state index contributed by atoms with van der Waals surface area (Å²) in [5, 5.41) is 3.06. The number of aryl methyl sites for hydroxylation is 1. The van der Waals surface area contributed by atoms with E-state index < -0.39 is 5.92 Å². The number of nitrogens with zero attached hydrogens (tertiary/aromatic N) is 1. The standard InChI is InChI=1S/C28H28N2O5/c1-18-7-10-20(11-8-18)28(32)30-15-22(21-5-3-4-6-24(21)33-2)23(16-30)27(31)29-14-19-9-12-25-26(13-19)35-17-34-25/h3-13,22-23H,14-17H2,1-2H3,(H,29,31)/t22-,23-/m1/s1. The number of para-hydroxylation sites is 1. The number of benzene rings is 3. The van der Waals surface area contributed by atoms with E-state index in [0.29, 0.717) is 36.7 Å². The number of hydrogen-bond acceptors (Lipinski definition) is 5. The van der Waals surface area contributed by atoms with E-state index in [4.69, 9.17) is 14.2 Å². The highest BCUT2D eigenvalue weighted by Gasteiger charge is 2.41. The zero-order chi connectivity index (χ0) is 24.4. The number of rotatable bonds is 6. The van der Waals surface area contributed by atoms with E-state index >= 15 is 0 Å². The van der Waals surface area contributed by atoms with Crippen molar-refractivity contribution >= 4 is 11.8 Å².